The summed E-state index contributed by atoms with van der Waals surface area (Å²) in [6.45, 7) is 5.83. The van der Waals surface area contributed by atoms with Gasteiger partial charge in [0.25, 0.3) is 0 Å². The second-order valence-corrected chi connectivity index (χ2v) is 6.79. The number of hydrogen-bond acceptors (Lipinski definition) is 6. The molecule has 0 aromatic heterocycles. The van der Waals surface area contributed by atoms with Crippen molar-refractivity contribution < 1.29 is 28.2 Å². The Morgan fingerprint density at radius 3 is 2.19 bits per heavy atom. The predicted molar refractivity (Wildman–Crippen MR) is 114 cm³/mol. The van der Waals surface area contributed by atoms with Gasteiger partial charge in [0.15, 0.2) is 0 Å². The van der Waals surface area contributed by atoms with E-state index < -0.39 is 0 Å². The Bertz CT molecular complexity index is 802. The lowest BCUT2D eigenvalue weighted by atomic mass is 10.0. The van der Waals surface area contributed by atoms with E-state index in [0.717, 1.165) is 36.4 Å². The average Bonchev–Trinajstić information content (AvgIpc) is 2.76. The van der Waals surface area contributed by atoms with Crippen molar-refractivity contribution in [3.05, 3.63) is 65.5 Å². The van der Waals surface area contributed by atoms with Gasteiger partial charge in [-0.15, -0.1) is 0 Å². The van der Waals surface area contributed by atoms with Crippen LogP contribution in [-0.4, -0.2) is 37.3 Å². The lowest BCUT2D eigenvalue weighted by molar-refractivity contribution is -0.191. The maximum Gasteiger partial charge on any atom is 0.373 e. The Morgan fingerprint density at radius 2 is 1.68 bits per heavy atom. The summed E-state index contributed by atoms with van der Waals surface area (Å²) in [6.07, 6.45) is 2.25. The topological polar surface area (TPSA) is 72.9 Å². The predicted octanol–water partition coefficient (Wildman–Crippen LogP) is 4.55. The minimum Gasteiger partial charge on any atom is -0.497 e. The highest BCUT2D eigenvalue weighted by molar-refractivity contribution is 5.69. The number of ether oxygens (including phenoxy) is 2. The van der Waals surface area contributed by atoms with E-state index >= 15 is 0 Å². The van der Waals surface area contributed by atoms with E-state index in [0.29, 0.717) is 19.4 Å². The van der Waals surface area contributed by atoms with E-state index in [-0.39, 0.29) is 24.0 Å². The maximum atomic E-state index is 13.4. The molecule has 0 bridgehead atoms. The van der Waals surface area contributed by atoms with Gasteiger partial charge >= 0.3 is 12.1 Å². The van der Waals surface area contributed by atoms with E-state index in [1.807, 2.05) is 31.2 Å². The number of halogens is 1. The van der Waals surface area contributed by atoms with Crippen LogP contribution in [0.25, 0.3) is 0 Å². The molecule has 7 heteroatoms. The number of hydrogen-bond donors (Lipinski definition) is 0. The van der Waals surface area contributed by atoms with Crippen LogP contribution in [0.2, 0.25) is 0 Å². The zero-order valence-corrected chi connectivity index (χ0v) is 18.3. The third-order valence-electron chi connectivity index (χ3n) is 4.76. The van der Waals surface area contributed by atoms with Crippen LogP contribution in [0.5, 0.6) is 5.75 Å². The SMILES string of the molecule is CCOC(=O)CCCN(Cc1ccc(OC)cc1)C(CC)c1ccc(F)cc1.O=C=O. The first-order valence-electron chi connectivity index (χ1n) is 10.3. The van der Waals surface area contributed by atoms with E-state index in [4.69, 9.17) is 19.1 Å². The molecule has 1 atom stereocenters. The molecule has 0 amide bonds. The molecule has 0 aliphatic carbocycles. The number of nitrogens with zero attached hydrogens (tertiary/aromatic N) is 1. The van der Waals surface area contributed by atoms with E-state index in [1.165, 1.54) is 12.1 Å². The van der Waals surface area contributed by atoms with Crippen LogP contribution in [0, 0.1) is 5.82 Å². The monoisotopic (exact) mass is 431 g/mol. The van der Waals surface area contributed by atoms with Crippen LogP contribution in [-0.2, 0) is 25.7 Å². The smallest absolute Gasteiger partial charge is 0.373 e. The van der Waals surface area contributed by atoms with Crippen LogP contribution in [0.1, 0.15) is 50.3 Å². The van der Waals surface area contributed by atoms with Crippen molar-refractivity contribution in [2.75, 3.05) is 20.3 Å². The Morgan fingerprint density at radius 1 is 1.06 bits per heavy atom. The number of esters is 1. The molecular formula is C24H30FNO5. The van der Waals surface area contributed by atoms with Crippen molar-refractivity contribution in [3.63, 3.8) is 0 Å². The van der Waals surface area contributed by atoms with Gasteiger partial charge in [-0.3, -0.25) is 9.69 Å². The summed E-state index contributed by atoms with van der Waals surface area (Å²) in [7, 11) is 1.65. The van der Waals surface area contributed by atoms with Crippen molar-refractivity contribution in [2.45, 2.75) is 45.7 Å². The standard InChI is InChI=1S/C23H30FNO3.CO2/c1-4-22(19-10-12-20(24)13-11-19)25(16-6-7-23(26)28-5-2)17-18-8-14-21(27-3)15-9-18;2-1-3/h8-15,22H,4-7,16-17H2,1-3H3;. The number of methoxy groups -OCH3 is 1. The number of carbonyl (C=O) groups is 1. The first-order chi connectivity index (χ1) is 15.0. The molecule has 0 N–H and O–H groups in total. The summed E-state index contributed by atoms with van der Waals surface area (Å²) in [5.41, 5.74) is 2.24. The zero-order valence-electron chi connectivity index (χ0n) is 18.3. The van der Waals surface area contributed by atoms with Crippen molar-refractivity contribution >= 4 is 12.1 Å². The minimum absolute atomic E-state index is 0.143. The van der Waals surface area contributed by atoms with Crippen molar-refractivity contribution in [2.24, 2.45) is 0 Å². The van der Waals surface area contributed by atoms with E-state index in [2.05, 4.69) is 24.0 Å². The Labute approximate surface area is 183 Å². The second kappa shape index (κ2) is 14.9. The molecule has 2 aromatic carbocycles. The minimum atomic E-state index is -0.234. The third kappa shape index (κ3) is 9.55. The number of carbonyl (C=O) groups excluding carboxylic acids is 3. The third-order valence-corrected chi connectivity index (χ3v) is 4.76. The van der Waals surface area contributed by atoms with Gasteiger partial charge < -0.3 is 9.47 Å². The van der Waals surface area contributed by atoms with E-state index in [1.54, 1.807) is 7.11 Å². The van der Waals surface area contributed by atoms with Crippen molar-refractivity contribution in [1.82, 2.24) is 4.90 Å². The van der Waals surface area contributed by atoms with E-state index in [9.17, 15) is 9.18 Å². The Balaban J connectivity index is 0.00000151. The molecule has 0 aliphatic heterocycles. The first kappa shape index (κ1) is 26.0. The van der Waals surface area contributed by atoms with Gasteiger partial charge in [-0.05, 0) is 61.7 Å². The first-order valence-corrected chi connectivity index (χ1v) is 10.3. The van der Waals surface area contributed by atoms with Crippen LogP contribution in [0.15, 0.2) is 48.5 Å². The normalized spacial score (nSPS) is 11.1. The lowest BCUT2D eigenvalue weighted by Crippen LogP contribution is -2.29. The summed E-state index contributed by atoms with van der Waals surface area (Å²) in [5, 5.41) is 0. The van der Waals surface area contributed by atoms with Crippen LogP contribution in [0.3, 0.4) is 0 Å². The molecule has 1 unspecified atom stereocenters. The fraction of sp³-hybridized carbons (Fsp3) is 0.417. The van der Waals surface area contributed by atoms with Gasteiger partial charge in [-0.1, -0.05) is 31.2 Å². The van der Waals surface area contributed by atoms with Gasteiger partial charge in [-0.25, -0.2) is 4.39 Å². The summed E-state index contributed by atoms with van der Waals surface area (Å²) in [4.78, 5) is 30.3. The molecule has 2 aromatic rings. The molecule has 2 rings (SSSR count). The fourth-order valence-corrected chi connectivity index (χ4v) is 3.36. The van der Waals surface area contributed by atoms with Crippen LogP contribution >= 0.6 is 0 Å². The van der Waals surface area contributed by atoms with Gasteiger partial charge in [0.2, 0.25) is 0 Å². The Kier molecular flexibility index (Phi) is 12.5. The molecular weight excluding hydrogens is 401 g/mol. The molecule has 0 fully saturated rings. The van der Waals surface area contributed by atoms with Crippen LogP contribution < -0.4 is 4.74 Å². The van der Waals surface area contributed by atoms with Crippen molar-refractivity contribution in [3.8, 4) is 5.75 Å². The lowest BCUT2D eigenvalue weighted by Gasteiger charge is -2.31. The molecule has 0 aliphatic rings. The molecule has 31 heavy (non-hydrogen) atoms. The molecule has 0 spiro atoms. The zero-order chi connectivity index (χ0) is 23.1. The van der Waals surface area contributed by atoms with Gasteiger partial charge in [0, 0.05) is 19.0 Å². The number of rotatable bonds is 11. The molecule has 0 saturated heterocycles. The fourth-order valence-electron chi connectivity index (χ4n) is 3.36. The highest BCUT2D eigenvalue weighted by atomic mass is 19.1. The van der Waals surface area contributed by atoms with Crippen LogP contribution in [0.4, 0.5) is 4.39 Å². The highest BCUT2D eigenvalue weighted by Crippen LogP contribution is 2.27. The highest BCUT2D eigenvalue weighted by Gasteiger charge is 2.19. The van der Waals surface area contributed by atoms with Crippen molar-refractivity contribution in [1.29, 1.82) is 0 Å². The summed E-state index contributed by atoms with van der Waals surface area (Å²) >= 11 is 0. The number of benzene rings is 2. The van der Waals surface area contributed by atoms with Gasteiger partial charge in [-0.2, -0.15) is 9.59 Å². The largest absolute Gasteiger partial charge is 0.497 e. The maximum absolute atomic E-state index is 13.4. The molecule has 0 saturated carbocycles. The summed E-state index contributed by atoms with van der Waals surface area (Å²) in [5.74, 6) is 0.424. The second-order valence-electron chi connectivity index (χ2n) is 6.79. The Hall–Kier alpha value is -3.02. The summed E-state index contributed by atoms with van der Waals surface area (Å²) in [6, 6.07) is 14.8. The van der Waals surface area contributed by atoms with Gasteiger partial charge in [0.1, 0.15) is 11.6 Å². The van der Waals surface area contributed by atoms with Gasteiger partial charge in [0.05, 0.1) is 13.7 Å². The molecule has 0 heterocycles. The quantitative estimate of drug-likeness (QED) is 0.486. The molecule has 6 nitrogen and oxygen atoms in total. The molecule has 0 radical (unpaired) electrons. The average molecular weight is 432 g/mol. The molecule has 168 valence electrons. The summed E-state index contributed by atoms with van der Waals surface area (Å²) < 4.78 is 23.6.